The molecule has 0 spiro atoms. The number of aromatic nitrogens is 2. The lowest BCUT2D eigenvalue weighted by molar-refractivity contribution is -0.118. The first-order chi connectivity index (χ1) is 12.2. The van der Waals surface area contributed by atoms with Crippen LogP contribution in [0.1, 0.15) is 5.56 Å². The van der Waals surface area contributed by atoms with E-state index in [2.05, 4.69) is 20.7 Å². The summed E-state index contributed by atoms with van der Waals surface area (Å²) in [6, 6.07) is 17.1. The molecule has 0 aliphatic rings. The van der Waals surface area contributed by atoms with Gasteiger partial charge in [-0.2, -0.15) is 5.10 Å². The molecule has 1 heterocycles. The van der Waals surface area contributed by atoms with Crippen molar-refractivity contribution in [2.24, 2.45) is 5.10 Å². The van der Waals surface area contributed by atoms with Crippen LogP contribution in [0, 0.1) is 0 Å². The third-order valence-electron chi connectivity index (χ3n) is 3.05. The fourth-order valence-electron chi connectivity index (χ4n) is 1.88. The summed E-state index contributed by atoms with van der Waals surface area (Å²) in [5, 5.41) is 13.6. The Hall–Kier alpha value is -2.22. The van der Waals surface area contributed by atoms with Crippen LogP contribution in [0.15, 0.2) is 64.0 Å². The summed E-state index contributed by atoms with van der Waals surface area (Å²) in [4.78, 5) is 11.8. The Bertz CT molecular complexity index is 883. The number of carbonyl (C=O) groups is 1. The van der Waals surface area contributed by atoms with Gasteiger partial charge in [0.25, 0.3) is 5.91 Å². The largest absolute Gasteiger partial charge is 0.272 e. The molecule has 2 aromatic carbocycles. The summed E-state index contributed by atoms with van der Waals surface area (Å²) < 4.78 is 0.740. The van der Waals surface area contributed by atoms with Gasteiger partial charge >= 0.3 is 0 Å². The van der Waals surface area contributed by atoms with Gasteiger partial charge in [0.05, 0.1) is 12.0 Å². The molecule has 5 nitrogen and oxygen atoms in total. The Kier molecular flexibility index (Phi) is 6.16. The monoisotopic (exact) mass is 388 g/mol. The molecule has 1 amide bonds. The number of amides is 1. The zero-order valence-corrected chi connectivity index (χ0v) is 15.3. The van der Waals surface area contributed by atoms with Crippen molar-refractivity contribution in [1.29, 1.82) is 0 Å². The Morgan fingerprint density at radius 2 is 1.92 bits per heavy atom. The topological polar surface area (TPSA) is 67.2 Å². The van der Waals surface area contributed by atoms with Crippen molar-refractivity contribution in [1.82, 2.24) is 15.6 Å². The number of nitrogens with one attached hydrogen (secondary N) is 1. The van der Waals surface area contributed by atoms with Crippen LogP contribution < -0.4 is 5.43 Å². The fourth-order valence-corrected chi connectivity index (χ4v) is 3.71. The molecule has 8 heteroatoms. The molecule has 0 fully saturated rings. The van der Waals surface area contributed by atoms with E-state index in [0.29, 0.717) is 5.02 Å². The molecule has 0 aliphatic carbocycles. The van der Waals surface area contributed by atoms with Crippen molar-refractivity contribution < 1.29 is 4.79 Å². The average Bonchev–Trinajstić information content (AvgIpc) is 3.11. The van der Waals surface area contributed by atoms with Crippen LogP contribution in [0.3, 0.4) is 0 Å². The Morgan fingerprint density at radius 3 is 2.72 bits per heavy atom. The van der Waals surface area contributed by atoms with Gasteiger partial charge in [-0.3, -0.25) is 4.79 Å². The molecule has 3 rings (SSSR count). The highest BCUT2D eigenvalue weighted by molar-refractivity contribution is 8.01. The maximum Gasteiger partial charge on any atom is 0.250 e. The fraction of sp³-hybridized carbons (Fsp3) is 0.0588. The van der Waals surface area contributed by atoms with Crippen LogP contribution >= 0.6 is 34.7 Å². The second-order valence-electron chi connectivity index (χ2n) is 4.84. The van der Waals surface area contributed by atoms with E-state index >= 15 is 0 Å². The number of nitrogens with zero attached hydrogens (tertiary/aromatic N) is 3. The van der Waals surface area contributed by atoms with E-state index in [0.717, 1.165) is 20.5 Å². The molecule has 0 radical (unpaired) electrons. The standard InChI is InChI=1S/C17H13ClN4OS2/c18-14-9-5-4-8-13(14)10-19-20-15(23)11-24-17-22-21-16(25-17)12-6-2-1-3-7-12/h1-10H,11H2,(H,20,23). The highest BCUT2D eigenvalue weighted by atomic mass is 35.5. The van der Waals surface area contributed by atoms with E-state index in [9.17, 15) is 4.79 Å². The van der Waals surface area contributed by atoms with Crippen molar-refractivity contribution in [3.05, 3.63) is 65.2 Å². The summed E-state index contributed by atoms with van der Waals surface area (Å²) >= 11 is 8.79. The summed E-state index contributed by atoms with van der Waals surface area (Å²) in [6.07, 6.45) is 1.52. The van der Waals surface area contributed by atoms with E-state index in [1.807, 2.05) is 48.5 Å². The van der Waals surface area contributed by atoms with Crippen LogP contribution in [-0.2, 0) is 4.79 Å². The molecule has 0 bridgehead atoms. The first-order valence-electron chi connectivity index (χ1n) is 7.30. The number of halogens is 1. The number of hydrogen-bond donors (Lipinski definition) is 1. The second-order valence-corrected chi connectivity index (χ2v) is 7.45. The molecule has 1 aromatic heterocycles. The number of rotatable bonds is 6. The third-order valence-corrected chi connectivity index (χ3v) is 5.50. The first-order valence-corrected chi connectivity index (χ1v) is 9.48. The minimum absolute atomic E-state index is 0.212. The first kappa shape index (κ1) is 17.6. The van der Waals surface area contributed by atoms with Crippen LogP contribution in [0.2, 0.25) is 5.02 Å². The number of hydrazone groups is 1. The molecule has 0 atom stereocenters. The summed E-state index contributed by atoms with van der Waals surface area (Å²) in [7, 11) is 0. The van der Waals surface area contributed by atoms with Crippen LogP contribution in [0.25, 0.3) is 10.6 Å². The van der Waals surface area contributed by atoms with E-state index in [1.54, 1.807) is 6.07 Å². The third kappa shape index (κ3) is 5.12. The second kappa shape index (κ2) is 8.75. The average molecular weight is 389 g/mol. The maximum absolute atomic E-state index is 11.8. The SMILES string of the molecule is O=C(CSc1nnc(-c2ccccc2)s1)NN=Cc1ccccc1Cl. The summed E-state index contributed by atoms with van der Waals surface area (Å²) in [6.45, 7) is 0. The molecule has 1 N–H and O–H groups in total. The van der Waals surface area contributed by atoms with Gasteiger partial charge in [0.2, 0.25) is 0 Å². The Morgan fingerprint density at radius 1 is 1.16 bits per heavy atom. The van der Waals surface area contributed by atoms with Crippen LogP contribution in [-0.4, -0.2) is 28.1 Å². The van der Waals surface area contributed by atoms with E-state index < -0.39 is 0 Å². The van der Waals surface area contributed by atoms with Gasteiger partial charge in [0.15, 0.2) is 4.34 Å². The molecule has 0 aliphatic heterocycles. The molecule has 3 aromatic rings. The summed E-state index contributed by atoms with van der Waals surface area (Å²) in [5.74, 6) is -0.00622. The van der Waals surface area contributed by atoms with Crippen molar-refractivity contribution in [3.8, 4) is 10.6 Å². The van der Waals surface area contributed by atoms with Gasteiger partial charge < -0.3 is 0 Å². The van der Waals surface area contributed by atoms with E-state index in [4.69, 9.17) is 11.6 Å². The Balaban J connectivity index is 1.50. The number of hydrogen-bond acceptors (Lipinski definition) is 6. The zero-order chi connectivity index (χ0) is 17.5. The molecule has 0 unspecified atom stereocenters. The molecular weight excluding hydrogens is 376 g/mol. The molecular formula is C17H13ClN4OS2. The summed E-state index contributed by atoms with van der Waals surface area (Å²) in [5.41, 5.74) is 4.23. The van der Waals surface area contributed by atoms with Crippen LogP contribution in [0.4, 0.5) is 0 Å². The van der Waals surface area contributed by atoms with Gasteiger partial charge in [0, 0.05) is 16.1 Å². The predicted octanol–water partition coefficient (Wildman–Crippen LogP) is 4.10. The lowest BCUT2D eigenvalue weighted by Crippen LogP contribution is -2.19. The molecule has 0 saturated carbocycles. The van der Waals surface area contributed by atoms with Gasteiger partial charge in [-0.15, -0.1) is 10.2 Å². The van der Waals surface area contributed by atoms with Crippen molar-refractivity contribution >= 4 is 46.8 Å². The minimum Gasteiger partial charge on any atom is -0.272 e. The van der Waals surface area contributed by atoms with Gasteiger partial charge in [-0.05, 0) is 6.07 Å². The smallest absolute Gasteiger partial charge is 0.250 e. The molecule has 25 heavy (non-hydrogen) atoms. The quantitative estimate of drug-likeness (QED) is 0.392. The van der Waals surface area contributed by atoms with E-state index in [1.165, 1.54) is 29.3 Å². The predicted molar refractivity (Wildman–Crippen MR) is 103 cm³/mol. The maximum atomic E-state index is 11.8. The van der Waals surface area contributed by atoms with E-state index in [-0.39, 0.29) is 11.7 Å². The number of benzene rings is 2. The van der Waals surface area contributed by atoms with Crippen molar-refractivity contribution in [2.75, 3.05) is 5.75 Å². The van der Waals surface area contributed by atoms with Gasteiger partial charge in [0.1, 0.15) is 5.01 Å². The lowest BCUT2D eigenvalue weighted by Gasteiger charge is -1.98. The van der Waals surface area contributed by atoms with Gasteiger partial charge in [-0.25, -0.2) is 5.43 Å². The minimum atomic E-state index is -0.218. The van der Waals surface area contributed by atoms with Crippen molar-refractivity contribution in [3.63, 3.8) is 0 Å². The highest BCUT2D eigenvalue weighted by Gasteiger charge is 2.09. The molecule has 0 saturated heterocycles. The van der Waals surface area contributed by atoms with Crippen LogP contribution in [0.5, 0.6) is 0 Å². The van der Waals surface area contributed by atoms with Gasteiger partial charge in [-0.1, -0.05) is 83.2 Å². The lowest BCUT2D eigenvalue weighted by atomic mass is 10.2. The zero-order valence-electron chi connectivity index (χ0n) is 12.9. The normalized spacial score (nSPS) is 10.9. The Labute approximate surface area is 158 Å². The number of thioether (sulfide) groups is 1. The highest BCUT2D eigenvalue weighted by Crippen LogP contribution is 2.28. The van der Waals surface area contributed by atoms with Crippen molar-refractivity contribution in [2.45, 2.75) is 4.34 Å². The number of carbonyl (C=O) groups excluding carboxylic acids is 1. The molecule has 126 valence electrons.